The molecule has 1 amide bonds. The van der Waals surface area contributed by atoms with Crippen molar-refractivity contribution in [1.82, 2.24) is 10.2 Å². The highest BCUT2D eigenvalue weighted by Gasteiger charge is 2.27. The Balaban J connectivity index is 1.78. The number of esters is 1. The zero-order chi connectivity index (χ0) is 17.4. The van der Waals surface area contributed by atoms with Crippen LogP contribution in [0.1, 0.15) is 44.7 Å². The summed E-state index contributed by atoms with van der Waals surface area (Å²) in [7, 11) is 0. The molecule has 132 valence electrons. The second-order valence-electron chi connectivity index (χ2n) is 6.24. The molecule has 0 aromatic heterocycles. The summed E-state index contributed by atoms with van der Waals surface area (Å²) < 4.78 is 5.08. The third kappa shape index (κ3) is 5.34. The number of piperidine rings is 1. The first kappa shape index (κ1) is 18.5. The summed E-state index contributed by atoms with van der Waals surface area (Å²) in [6.45, 7) is 6.24. The highest BCUT2D eigenvalue weighted by molar-refractivity contribution is 5.78. The van der Waals surface area contributed by atoms with Crippen molar-refractivity contribution in [2.75, 3.05) is 26.2 Å². The van der Waals surface area contributed by atoms with E-state index in [-0.39, 0.29) is 23.8 Å². The van der Waals surface area contributed by atoms with Gasteiger partial charge in [-0.05, 0) is 44.8 Å². The molecule has 2 rings (SSSR count). The van der Waals surface area contributed by atoms with Crippen LogP contribution in [0.3, 0.4) is 0 Å². The predicted octanol–water partition coefficient (Wildman–Crippen LogP) is 2.53. The number of hydrogen-bond acceptors (Lipinski definition) is 4. The first-order valence-corrected chi connectivity index (χ1v) is 8.87. The molecule has 1 atom stereocenters. The van der Waals surface area contributed by atoms with Crippen LogP contribution in [0.15, 0.2) is 30.3 Å². The third-order valence-electron chi connectivity index (χ3n) is 4.52. The Bertz CT molecular complexity index is 525. The molecule has 1 unspecified atom stereocenters. The summed E-state index contributed by atoms with van der Waals surface area (Å²) in [6, 6.07) is 10.1. The van der Waals surface area contributed by atoms with Gasteiger partial charge in [-0.15, -0.1) is 0 Å². The smallest absolute Gasteiger partial charge is 0.309 e. The Hall–Kier alpha value is -1.88. The summed E-state index contributed by atoms with van der Waals surface area (Å²) >= 11 is 0. The third-order valence-corrected chi connectivity index (χ3v) is 4.52. The quantitative estimate of drug-likeness (QED) is 0.780. The van der Waals surface area contributed by atoms with E-state index >= 15 is 0 Å². The van der Waals surface area contributed by atoms with Gasteiger partial charge in [0.15, 0.2) is 0 Å². The largest absolute Gasteiger partial charge is 0.466 e. The van der Waals surface area contributed by atoms with E-state index in [1.807, 2.05) is 37.3 Å². The minimum Gasteiger partial charge on any atom is -0.466 e. The molecule has 1 aliphatic heterocycles. The summed E-state index contributed by atoms with van der Waals surface area (Å²) in [5.41, 5.74) is 1.13. The van der Waals surface area contributed by atoms with E-state index in [4.69, 9.17) is 4.74 Å². The first-order valence-electron chi connectivity index (χ1n) is 8.87. The highest BCUT2D eigenvalue weighted by Crippen LogP contribution is 2.19. The Morgan fingerprint density at radius 1 is 1.21 bits per heavy atom. The second-order valence-corrected chi connectivity index (χ2v) is 6.24. The van der Waals surface area contributed by atoms with Gasteiger partial charge < -0.3 is 10.1 Å². The SMILES string of the molecule is CCOC(=O)C1CCN(CC(=O)NC(CC)c2ccccc2)CC1. The lowest BCUT2D eigenvalue weighted by atomic mass is 9.97. The normalized spacial score (nSPS) is 17.2. The average Bonchev–Trinajstić information content (AvgIpc) is 2.61. The number of rotatable bonds is 7. The molecule has 0 saturated carbocycles. The molecule has 0 radical (unpaired) electrons. The molecule has 1 aromatic rings. The van der Waals surface area contributed by atoms with Crippen molar-refractivity contribution in [3.63, 3.8) is 0 Å². The molecule has 1 fully saturated rings. The highest BCUT2D eigenvalue weighted by atomic mass is 16.5. The van der Waals surface area contributed by atoms with Crippen molar-refractivity contribution < 1.29 is 14.3 Å². The van der Waals surface area contributed by atoms with Crippen molar-refractivity contribution in [2.24, 2.45) is 5.92 Å². The van der Waals surface area contributed by atoms with Gasteiger partial charge in [0.05, 0.1) is 25.1 Å². The lowest BCUT2D eigenvalue weighted by molar-refractivity contribution is -0.149. The van der Waals surface area contributed by atoms with Gasteiger partial charge in [0.25, 0.3) is 0 Å². The Morgan fingerprint density at radius 2 is 1.88 bits per heavy atom. The van der Waals surface area contributed by atoms with Crippen LogP contribution >= 0.6 is 0 Å². The van der Waals surface area contributed by atoms with Gasteiger partial charge in [-0.3, -0.25) is 14.5 Å². The fourth-order valence-electron chi connectivity index (χ4n) is 3.14. The van der Waals surface area contributed by atoms with E-state index in [0.29, 0.717) is 13.2 Å². The van der Waals surface area contributed by atoms with Gasteiger partial charge in [0.2, 0.25) is 5.91 Å². The minimum absolute atomic E-state index is 0.0167. The summed E-state index contributed by atoms with van der Waals surface area (Å²) in [4.78, 5) is 26.2. The van der Waals surface area contributed by atoms with Crippen molar-refractivity contribution in [2.45, 2.75) is 39.2 Å². The van der Waals surface area contributed by atoms with E-state index < -0.39 is 0 Å². The van der Waals surface area contributed by atoms with Crippen LogP contribution in [0.5, 0.6) is 0 Å². The Morgan fingerprint density at radius 3 is 2.46 bits per heavy atom. The molecule has 24 heavy (non-hydrogen) atoms. The molecule has 1 heterocycles. The zero-order valence-electron chi connectivity index (χ0n) is 14.7. The van der Waals surface area contributed by atoms with Gasteiger partial charge in [-0.1, -0.05) is 37.3 Å². The molecule has 5 nitrogen and oxygen atoms in total. The molecule has 0 spiro atoms. The molecular weight excluding hydrogens is 304 g/mol. The van der Waals surface area contributed by atoms with Crippen molar-refractivity contribution >= 4 is 11.9 Å². The van der Waals surface area contributed by atoms with Gasteiger partial charge in [-0.25, -0.2) is 0 Å². The molecule has 1 N–H and O–H groups in total. The lowest BCUT2D eigenvalue weighted by Crippen LogP contribution is -2.43. The van der Waals surface area contributed by atoms with Gasteiger partial charge >= 0.3 is 5.97 Å². The first-order chi connectivity index (χ1) is 11.6. The number of amides is 1. The number of likely N-dealkylation sites (tertiary alicyclic amines) is 1. The standard InChI is InChI=1S/C19H28N2O3/c1-3-17(15-8-6-5-7-9-15)20-18(22)14-21-12-10-16(11-13-21)19(23)24-4-2/h5-9,16-17H,3-4,10-14H2,1-2H3,(H,20,22). The second kappa shape index (κ2) is 9.42. The van der Waals surface area contributed by atoms with Crippen molar-refractivity contribution in [1.29, 1.82) is 0 Å². The molecule has 1 aromatic carbocycles. The fraction of sp³-hybridized carbons (Fsp3) is 0.579. The molecule has 5 heteroatoms. The van der Waals surface area contributed by atoms with Gasteiger partial charge in [0.1, 0.15) is 0 Å². The van der Waals surface area contributed by atoms with E-state index in [9.17, 15) is 9.59 Å². The van der Waals surface area contributed by atoms with Crippen LogP contribution in [-0.2, 0) is 14.3 Å². The number of benzene rings is 1. The monoisotopic (exact) mass is 332 g/mol. The van der Waals surface area contributed by atoms with E-state index in [0.717, 1.165) is 37.9 Å². The number of nitrogens with one attached hydrogen (secondary N) is 1. The Kier molecular flexibility index (Phi) is 7.25. The van der Waals surface area contributed by atoms with Crippen LogP contribution in [0.25, 0.3) is 0 Å². The molecule has 1 aliphatic rings. The Labute approximate surface area is 144 Å². The lowest BCUT2D eigenvalue weighted by Gasteiger charge is -2.30. The van der Waals surface area contributed by atoms with Gasteiger partial charge in [0, 0.05) is 0 Å². The molecule has 0 aliphatic carbocycles. The predicted molar refractivity (Wildman–Crippen MR) is 93.4 cm³/mol. The van der Waals surface area contributed by atoms with E-state index in [1.165, 1.54) is 0 Å². The van der Waals surface area contributed by atoms with Crippen LogP contribution in [-0.4, -0.2) is 43.0 Å². The minimum atomic E-state index is -0.100. The van der Waals surface area contributed by atoms with Crippen LogP contribution in [0.2, 0.25) is 0 Å². The fourth-order valence-corrected chi connectivity index (χ4v) is 3.14. The van der Waals surface area contributed by atoms with Crippen molar-refractivity contribution in [3.05, 3.63) is 35.9 Å². The topological polar surface area (TPSA) is 58.6 Å². The van der Waals surface area contributed by atoms with Crippen LogP contribution in [0.4, 0.5) is 0 Å². The van der Waals surface area contributed by atoms with Crippen LogP contribution < -0.4 is 5.32 Å². The molecule has 0 bridgehead atoms. The number of ether oxygens (including phenoxy) is 1. The van der Waals surface area contributed by atoms with Gasteiger partial charge in [-0.2, -0.15) is 0 Å². The van der Waals surface area contributed by atoms with E-state index in [2.05, 4.69) is 17.1 Å². The number of nitrogens with zero attached hydrogens (tertiary/aromatic N) is 1. The van der Waals surface area contributed by atoms with Crippen molar-refractivity contribution in [3.8, 4) is 0 Å². The maximum absolute atomic E-state index is 12.3. The summed E-state index contributed by atoms with van der Waals surface area (Å²) in [6.07, 6.45) is 2.39. The summed E-state index contributed by atoms with van der Waals surface area (Å²) in [5, 5.41) is 3.11. The number of hydrogen-bond donors (Lipinski definition) is 1. The molecular formula is C19H28N2O3. The molecule has 1 saturated heterocycles. The maximum atomic E-state index is 12.3. The van der Waals surface area contributed by atoms with E-state index in [1.54, 1.807) is 0 Å². The van der Waals surface area contributed by atoms with Crippen LogP contribution in [0, 0.1) is 5.92 Å². The summed E-state index contributed by atoms with van der Waals surface area (Å²) in [5.74, 6) is -0.0750. The zero-order valence-corrected chi connectivity index (χ0v) is 14.7. The average molecular weight is 332 g/mol. The number of carbonyl (C=O) groups excluding carboxylic acids is 2. The number of carbonyl (C=O) groups is 2. The maximum Gasteiger partial charge on any atom is 0.309 e.